The van der Waals surface area contributed by atoms with Gasteiger partial charge in [0.1, 0.15) is 0 Å². The molecule has 0 aromatic heterocycles. The molecule has 5 atom stereocenters. The third kappa shape index (κ3) is 3.55. The maximum absolute atomic E-state index is 15.8. The normalized spacial score (nSPS) is 32.6. The van der Waals surface area contributed by atoms with E-state index in [0.29, 0.717) is 36.4 Å². The van der Waals surface area contributed by atoms with Crippen molar-refractivity contribution in [3.05, 3.63) is 23.8 Å². The summed E-state index contributed by atoms with van der Waals surface area (Å²) in [5, 5.41) is 9.67. The number of anilines is 2. The number of ether oxygens (including phenoxy) is 1. The largest absolute Gasteiger partial charge is 0.394 e. The van der Waals surface area contributed by atoms with Gasteiger partial charge in [-0.3, -0.25) is 14.4 Å². The molecule has 8 nitrogen and oxygen atoms in total. The number of β-lactam (4-membered cyclic amide) rings is 1. The molecule has 10 heteroatoms. The smallest absolute Gasteiger partial charge is 0.264 e. The minimum absolute atomic E-state index is 0.0236. The average Bonchev–Trinajstić information content (AvgIpc) is 3.44. The number of nitrogens with zero attached hydrogens (tertiary/aromatic N) is 3. The van der Waals surface area contributed by atoms with Crippen LogP contribution in [0.5, 0.6) is 0 Å². The summed E-state index contributed by atoms with van der Waals surface area (Å²) in [6.07, 6.45) is 1.29. The van der Waals surface area contributed by atoms with Gasteiger partial charge >= 0.3 is 0 Å². The molecule has 190 valence electrons. The number of hydrogen-bond acceptors (Lipinski definition) is 5. The first-order valence-corrected chi connectivity index (χ1v) is 15.5. The van der Waals surface area contributed by atoms with E-state index in [2.05, 4.69) is 0 Å². The van der Waals surface area contributed by atoms with Gasteiger partial charge in [-0.15, -0.1) is 0 Å². The molecular weight excluding hydrogens is 469 g/mol. The lowest BCUT2D eigenvalue weighted by Crippen LogP contribution is -2.45. The van der Waals surface area contributed by atoms with Gasteiger partial charge in [-0.2, -0.15) is 0 Å². The third-order valence-corrected chi connectivity index (χ3v) is 11.0. The number of likely N-dealkylation sites (tertiary alicyclic amines) is 1. The zero-order chi connectivity index (χ0) is 25.3. The van der Waals surface area contributed by atoms with E-state index in [9.17, 15) is 19.5 Å². The lowest BCUT2D eigenvalue weighted by atomic mass is 9.82. The maximum atomic E-state index is 15.8. The summed E-state index contributed by atoms with van der Waals surface area (Å²) in [4.78, 5) is 44.0. The van der Waals surface area contributed by atoms with E-state index in [1.54, 1.807) is 34.8 Å². The number of fused-ring (bicyclic) bond motifs is 2. The quantitative estimate of drug-likeness (QED) is 0.379. The Hall–Kier alpha value is -2.30. The van der Waals surface area contributed by atoms with Crippen LogP contribution >= 0.6 is 0 Å². The molecular formula is C25H34FN3O5Si. The van der Waals surface area contributed by atoms with Gasteiger partial charge in [-0.1, -0.05) is 6.92 Å². The first kappa shape index (κ1) is 24.4. The van der Waals surface area contributed by atoms with Gasteiger partial charge in [-0.25, -0.2) is 0 Å². The summed E-state index contributed by atoms with van der Waals surface area (Å²) < 4.78 is 22.4. The number of amides is 3. The summed E-state index contributed by atoms with van der Waals surface area (Å²) in [6.45, 7) is 6.17. The van der Waals surface area contributed by atoms with E-state index < -0.39 is 31.6 Å². The number of aliphatic hydroxyl groups excluding tert-OH is 1. The first-order valence-electron chi connectivity index (χ1n) is 12.5. The SMILES string of the molecule is C[C@H]1[C@H]([Si](C)(C)F)[C@@H](CC(=O)N2CCC[C@H]2CO)O[C@]12C(=O)N(C)c1ccc(N3CCC3=O)cc12. The van der Waals surface area contributed by atoms with Crippen LogP contribution in [0.25, 0.3) is 0 Å². The van der Waals surface area contributed by atoms with E-state index in [0.717, 1.165) is 12.8 Å². The van der Waals surface area contributed by atoms with E-state index in [1.807, 2.05) is 25.1 Å². The number of aliphatic hydroxyl groups is 1. The number of carbonyl (C=O) groups is 3. The van der Waals surface area contributed by atoms with Crippen molar-refractivity contribution in [3.8, 4) is 0 Å². The number of halogens is 1. The van der Waals surface area contributed by atoms with Gasteiger partial charge in [0.05, 0.1) is 30.9 Å². The molecule has 0 radical (unpaired) electrons. The monoisotopic (exact) mass is 503 g/mol. The van der Waals surface area contributed by atoms with Crippen LogP contribution < -0.4 is 9.80 Å². The Morgan fingerprint density at radius 2 is 2.03 bits per heavy atom. The van der Waals surface area contributed by atoms with Crippen LogP contribution in [0.3, 0.4) is 0 Å². The summed E-state index contributed by atoms with van der Waals surface area (Å²) >= 11 is 0. The van der Waals surface area contributed by atoms with Crippen LogP contribution in [-0.4, -0.2) is 75.0 Å². The van der Waals surface area contributed by atoms with Crippen molar-refractivity contribution in [1.29, 1.82) is 0 Å². The average molecular weight is 504 g/mol. The number of likely N-dealkylation sites (N-methyl/N-ethyl adjacent to an activating group) is 1. The highest BCUT2D eigenvalue weighted by Gasteiger charge is 2.66. The Balaban J connectivity index is 1.53. The zero-order valence-corrected chi connectivity index (χ0v) is 21.8. The Morgan fingerprint density at radius 1 is 1.29 bits per heavy atom. The minimum Gasteiger partial charge on any atom is -0.394 e. The lowest BCUT2D eigenvalue weighted by Gasteiger charge is -2.33. The van der Waals surface area contributed by atoms with E-state index >= 15 is 4.11 Å². The lowest BCUT2D eigenvalue weighted by molar-refractivity contribution is -0.149. The van der Waals surface area contributed by atoms with Crippen molar-refractivity contribution >= 4 is 37.5 Å². The number of benzene rings is 1. The predicted octanol–water partition coefficient (Wildman–Crippen LogP) is 2.55. The van der Waals surface area contributed by atoms with E-state index in [4.69, 9.17) is 4.74 Å². The molecule has 3 saturated heterocycles. The van der Waals surface area contributed by atoms with Gasteiger partial charge in [0.25, 0.3) is 5.91 Å². The molecule has 1 aromatic carbocycles. The molecule has 0 saturated carbocycles. The second kappa shape index (κ2) is 8.38. The van der Waals surface area contributed by atoms with E-state index in [1.165, 1.54) is 0 Å². The standard InChI is InChI=1S/C25H34FN3O5Si/c1-15-23(35(3,4)26)20(13-22(32)28-10-5-6-17(28)14-30)34-25(15)18-12-16(29-11-9-21(29)31)7-8-19(18)27(2)24(25)33/h7-8,12,15,17,20,23,30H,5-6,9-11,13-14H2,1-4H3/t15-,17-,20+,23-,25+/m0/s1. The predicted molar refractivity (Wildman–Crippen MR) is 131 cm³/mol. The van der Waals surface area contributed by atoms with Crippen LogP contribution in [0.15, 0.2) is 18.2 Å². The van der Waals surface area contributed by atoms with Crippen LogP contribution in [0.1, 0.15) is 38.2 Å². The topological polar surface area (TPSA) is 90.4 Å². The molecule has 35 heavy (non-hydrogen) atoms. The Kier molecular flexibility index (Phi) is 5.84. The fourth-order valence-electron chi connectivity index (χ4n) is 6.74. The molecule has 1 N–H and O–H groups in total. The molecule has 4 aliphatic heterocycles. The molecule has 5 rings (SSSR count). The second-order valence-corrected chi connectivity index (χ2v) is 14.7. The van der Waals surface area contributed by atoms with Crippen molar-refractivity contribution in [2.45, 2.75) is 69.0 Å². The molecule has 4 aliphatic rings. The molecule has 0 aliphatic carbocycles. The van der Waals surface area contributed by atoms with Crippen LogP contribution in [0, 0.1) is 5.92 Å². The van der Waals surface area contributed by atoms with Crippen LogP contribution in [-0.2, 0) is 24.7 Å². The minimum atomic E-state index is -3.37. The fraction of sp³-hybridized carbons (Fsp3) is 0.640. The summed E-state index contributed by atoms with van der Waals surface area (Å²) in [5.41, 5.74) is 0.0551. The molecule has 3 fully saturated rings. The summed E-state index contributed by atoms with van der Waals surface area (Å²) in [7, 11) is -1.69. The zero-order valence-electron chi connectivity index (χ0n) is 20.8. The summed E-state index contributed by atoms with van der Waals surface area (Å²) in [5.74, 6) is -0.893. The molecule has 0 unspecified atom stereocenters. The van der Waals surface area contributed by atoms with Crippen molar-refractivity contribution in [2.24, 2.45) is 5.92 Å². The second-order valence-electron chi connectivity index (χ2n) is 10.9. The van der Waals surface area contributed by atoms with Crippen molar-refractivity contribution in [2.75, 3.05) is 36.5 Å². The summed E-state index contributed by atoms with van der Waals surface area (Å²) in [6, 6.07) is 5.26. The number of hydrogen-bond donors (Lipinski definition) is 1. The highest BCUT2D eigenvalue weighted by atomic mass is 28.4. The molecule has 3 amide bonds. The molecule has 4 heterocycles. The Bertz CT molecular complexity index is 1080. The molecule has 0 bridgehead atoms. The Labute approximate surface area is 206 Å². The third-order valence-electron chi connectivity index (χ3n) is 8.52. The Morgan fingerprint density at radius 3 is 2.63 bits per heavy atom. The highest BCUT2D eigenvalue weighted by molar-refractivity contribution is 6.72. The van der Waals surface area contributed by atoms with Gasteiger partial charge < -0.3 is 28.7 Å². The molecule has 1 aromatic rings. The maximum Gasteiger partial charge on any atom is 0.264 e. The number of rotatable bonds is 5. The van der Waals surface area contributed by atoms with Crippen molar-refractivity contribution < 1.29 is 28.3 Å². The first-order chi connectivity index (χ1) is 16.5. The van der Waals surface area contributed by atoms with Crippen LogP contribution in [0.2, 0.25) is 18.6 Å². The highest BCUT2D eigenvalue weighted by Crippen LogP contribution is 2.60. The van der Waals surface area contributed by atoms with Gasteiger partial charge in [0.15, 0.2) is 5.60 Å². The van der Waals surface area contributed by atoms with E-state index in [-0.39, 0.29) is 36.8 Å². The van der Waals surface area contributed by atoms with Crippen molar-refractivity contribution in [3.63, 3.8) is 0 Å². The molecule has 1 spiro atoms. The fourth-order valence-corrected chi connectivity index (χ4v) is 9.23. The van der Waals surface area contributed by atoms with Gasteiger partial charge in [0.2, 0.25) is 20.2 Å². The number of carbonyl (C=O) groups excluding carboxylic acids is 3. The van der Waals surface area contributed by atoms with Crippen LogP contribution in [0.4, 0.5) is 15.5 Å². The van der Waals surface area contributed by atoms with Gasteiger partial charge in [-0.05, 0) is 44.1 Å². The van der Waals surface area contributed by atoms with Gasteiger partial charge in [0, 0.05) is 49.3 Å². The van der Waals surface area contributed by atoms with Crippen molar-refractivity contribution in [1.82, 2.24) is 4.90 Å².